The van der Waals surface area contributed by atoms with Crippen molar-refractivity contribution in [3.8, 4) is 0 Å². The predicted octanol–water partition coefficient (Wildman–Crippen LogP) is 5.07. The summed E-state index contributed by atoms with van der Waals surface area (Å²) >= 11 is 0. The second-order valence-corrected chi connectivity index (χ2v) is 16.3. The molecule has 5 nitrogen and oxygen atoms in total. The van der Waals surface area contributed by atoms with Gasteiger partial charge in [0.25, 0.3) is 0 Å². The van der Waals surface area contributed by atoms with Gasteiger partial charge in [-0.15, -0.1) is 0 Å². The molecule has 170 valence electrons. The van der Waals surface area contributed by atoms with Crippen LogP contribution >= 0.6 is 0 Å². The first-order valence-corrected chi connectivity index (χ1v) is 15.1. The van der Waals surface area contributed by atoms with E-state index in [0.717, 1.165) is 5.56 Å². The van der Waals surface area contributed by atoms with Crippen molar-refractivity contribution in [3.63, 3.8) is 0 Å². The summed E-state index contributed by atoms with van der Waals surface area (Å²) in [6, 6.07) is 17.6. The molecule has 2 aromatic rings. The fraction of sp³-hybridized carbons (Fsp3) is 0.458. The van der Waals surface area contributed by atoms with E-state index in [1.54, 1.807) is 25.2 Å². The van der Waals surface area contributed by atoms with Gasteiger partial charge in [0.05, 0.1) is 17.0 Å². The van der Waals surface area contributed by atoms with Gasteiger partial charge in [-0.05, 0) is 42.8 Å². The molecule has 0 unspecified atom stereocenters. The Morgan fingerprint density at radius 3 is 1.97 bits per heavy atom. The van der Waals surface area contributed by atoms with E-state index in [-0.39, 0.29) is 22.1 Å². The lowest BCUT2D eigenvalue weighted by Crippen LogP contribution is -2.48. The minimum atomic E-state index is -3.71. The number of rotatable bonds is 8. The van der Waals surface area contributed by atoms with Crippen LogP contribution in [0, 0.1) is 0 Å². The summed E-state index contributed by atoms with van der Waals surface area (Å²) in [7, 11) is -4.21. The molecule has 0 radical (unpaired) electrons. The van der Waals surface area contributed by atoms with Crippen molar-refractivity contribution < 1.29 is 17.6 Å². The molecule has 0 bridgehead atoms. The molecule has 0 N–H and O–H groups in total. The highest BCUT2D eigenvalue weighted by Crippen LogP contribution is 2.41. The molecule has 2 rings (SSSR count). The lowest BCUT2D eigenvalue weighted by molar-refractivity contribution is -0.130. The molecule has 2 atom stereocenters. The second kappa shape index (κ2) is 9.67. The number of sulfone groups is 1. The van der Waals surface area contributed by atoms with Gasteiger partial charge in [-0.3, -0.25) is 4.79 Å². The van der Waals surface area contributed by atoms with Crippen LogP contribution in [0.25, 0.3) is 0 Å². The summed E-state index contributed by atoms with van der Waals surface area (Å²) in [5.41, 5.74) is 0.977. The molecule has 0 aliphatic rings. The Labute approximate surface area is 188 Å². The average molecular weight is 462 g/mol. The van der Waals surface area contributed by atoms with Gasteiger partial charge in [-0.1, -0.05) is 69.3 Å². The zero-order chi connectivity index (χ0) is 23.4. The van der Waals surface area contributed by atoms with Gasteiger partial charge in [-0.25, -0.2) is 8.42 Å². The molecular weight excluding hydrogens is 426 g/mol. The van der Waals surface area contributed by atoms with Crippen LogP contribution in [0.15, 0.2) is 65.6 Å². The molecule has 0 aromatic heterocycles. The van der Waals surface area contributed by atoms with E-state index >= 15 is 0 Å². The number of likely N-dealkylation sites (N-methyl/N-ethyl adjacent to an activating group) is 1. The van der Waals surface area contributed by atoms with E-state index in [2.05, 4.69) is 33.9 Å². The van der Waals surface area contributed by atoms with Crippen molar-refractivity contribution in [2.75, 3.05) is 12.8 Å². The van der Waals surface area contributed by atoms with Crippen LogP contribution in [0.4, 0.5) is 0 Å². The summed E-state index contributed by atoms with van der Waals surface area (Å²) in [5, 5.41) is -0.00101. The number of carbonyl (C=O) groups excluding carboxylic acids is 1. The molecular formula is C24H35NO4SSi. The number of nitrogens with zero attached hydrogens (tertiary/aromatic N) is 1. The van der Waals surface area contributed by atoms with Gasteiger partial charge in [0.2, 0.25) is 5.91 Å². The van der Waals surface area contributed by atoms with Crippen molar-refractivity contribution in [3.05, 3.63) is 66.2 Å². The molecule has 31 heavy (non-hydrogen) atoms. The molecule has 0 saturated heterocycles. The quantitative estimate of drug-likeness (QED) is 0.515. The first kappa shape index (κ1) is 25.3. The van der Waals surface area contributed by atoms with Gasteiger partial charge in [0.15, 0.2) is 18.2 Å². The Morgan fingerprint density at radius 1 is 1.00 bits per heavy atom. The van der Waals surface area contributed by atoms with Gasteiger partial charge in [0.1, 0.15) is 5.75 Å². The van der Waals surface area contributed by atoms with Crippen molar-refractivity contribution in [2.45, 2.75) is 62.9 Å². The van der Waals surface area contributed by atoms with Crippen LogP contribution < -0.4 is 0 Å². The van der Waals surface area contributed by atoms with Crippen LogP contribution in [-0.4, -0.2) is 46.4 Å². The van der Waals surface area contributed by atoms with E-state index in [4.69, 9.17) is 4.43 Å². The fourth-order valence-corrected chi connectivity index (χ4v) is 5.58. The molecule has 0 aliphatic heterocycles. The Balaban J connectivity index is 2.29. The van der Waals surface area contributed by atoms with Gasteiger partial charge in [0, 0.05) is 7.05 Å². The van der Waals surface area contributed by atoms with E-state index in [9.17, 15) is 13.2 Å². The standard InChI is InChI=1S/C24H35NO4SSi/c1-19(25(5)22(26)18-30(27,28)21-16-12-9-13-17-21)23(20-14-10-8-11-15-20)29-31(6,7)24(2,3)4/h8-17,19,23H,18H2,1-7H3/t19-,23-/m1/s1. The molecule has 0 aliphatic carbocycles. The number of hydrogen-bond donors (Lipinski definition) is 0. The summed E-state index contributed by atoms with van der Waals surface area (Å²) < 4.78 is 32.1. The summed E-state index contributed by atoms with van der Waals surface area (Å²) in [6.45, 7) is 12.8. The zero-order valence-electron chi connectivity index (χ0n) is 19.6. The third-order valence-electron chi connectivity index (χ3n) is 6.21. The van der Waals surface area contributed by atoms with E-state index < -0.39 is 29.8 Å². The first-order chi connectivity index (χ1) is 14.3. The minimum absolute atomic E-state index is 0.00101. The predicted molar refractivity (Wildman–Crippen MR) is 128 cm³/mol. The Morgan fingerprint density at radius 2 is 1.48 bits per heavy atom. The lowest BCUT2D eigenvalue weighted by atomic mass is 10.0. The first-order valence-electron chi connectivity index (χ1n) is 10.5. The number of carbonyl (C=O) groups is 1. The van der Waals surface area contributed by atoms with Gasteiger partial charge < -0.3 is 9.33 Å². The minimum Gasteiger partial charge on any atom is -0.408 e. The highest BCUT2D eigenvalue weighted by Gasteiger charge is 2.41. The summed E-state index contributed by atoms with van der Waals surface area (Å²) in [5.74, 6) is -1.02. The molecule has 0 heterocycles. The lowest BCUT2D eigenvalue weighted by Gasteiger charge is -2.42. The molecule has 0 saturated carbocycles. The molecule has 7 heteroatoms. The SMILES string of the molecule is C[C@H]([C@@H](O[Si](C)(C)C(C)(C)C)c1ccccc1)N(C)C(=O)CS(=O)(=O)c1ccccc1. The topological polar surface area (TPSA) is 63.7 Å². The van der Waals surface area contributed by atoms with Crippen molar-refractivity contribution in [2.24, 2.45) is 0 Å². The van der Waals surface area contributed by atoms with Gasteiger partial charge in [-0.2, -0.15) is 0 Å². The normalized spacial score (nSPS) is 14.7. The maximum Gasteiger partial charge on any atom is 0.238 e. The van der Waals surface area contributed by atoms with Crippen molar-refractivity contribution in [1.82, 2.24) is 4.90 Å². The van der Waals surface area contributed by atoms with Crippen LogP contribution in [0.2, 0.25) is 18.1 Å². The smallest absolute Gasteiger partial charge is 0.238 e. The van der Waals surface area contributed by atoms with E-state index in [1.165, 1.54) is 17.0 Å². The average Bonchev–Trinajstić information content (AvgIpc) is 2.71. The summed E-state index contributed by atoms with van der Waals surface area (Å²) in [6.07, 6.45) is -0.351. The number of hydrogen-bond acceptors (Lipinski definition) is 4. The highest BCUT2D eigenvalue weighted by molar-refractivity contribution is 7.92. The third kappa shape index (κ3) is 6.27. The van der Waals surface area contributed by atoms with Crippen LogP contribution in [0.5, 0.6) is 0 Å². The molecule has 0 spiro atoms. The van der Waals surface area contributed by atoms with Crippen LogP contribution in [0.3, 0.4) is 0 Å². The molecule has 0 fully saturated rings. The van der Waals surface area contributed by atoms with E-state index in [0.29, 0.717) is 0 Å². The van der Waals surface area contributed by atoms with Crippen molar-refractivity contribution >= 4 is 24.1 Å². The maximum absolute atomic E-state index is 13.0. The molecule has 2 aromatic carbocycles. The van der Waals surface area contributed by atoms with Crippen LogP contribution in [0.1, 0.15) is 39.4 Å². The maximum atomic E-state index is 13.0. The Bertz CT molecular complexity index is 970. The summed E-state index contributed by atoms with van der Waals surface area (Å²) in [4.78, 5) is 14.6. The molecule has 1 amide bonds. The van der Waals surface area contributed by atoms with Gasteiger partial charge >= 0.3 is 0 Å². The van der Waals surface area contributed by atoms with E-state index in [1.807, 2.05) is 37.3 Å². The second-order valence-electron chi connectivity index (χ2n) is 9.53. The zero-order valence-corrected chi connectivity index (χ0v) is 21.4. The largest absolute Gasteiger partial charge is 0.408 e. The van der Waals surface area contributed by atoms with Crippen LogP contribution in [-0.2, 0) is 19.1 Å². The van der Waals surface area contributed by atoms with Crippen molar-refractivity contribution in [1.29, 1.82) is 0 Å². The number of benzene rings is 2. The Hall–Kier alpha value is -1.96. The highest BCUT2D eigenvalue weighted by atomic mass is 32.2. The monoisotopic (exact) mass is 461 g/mol. The third-order valence-corrected chi connectivity index (χ3v) is 12.3. The fourth-order valence-electron chi connectivity index (χ4n) is 2.99. The number of amides is 1. The Kier molecular flexibility index (Phi) is 7.89.